The van der Waals surface area contributed by atoms with Crippen molar-refractivity contribution >= 4 is 16.8 Å². The minimum atomic E-state index is -0.668. The molecule has 1 aromatic heterocycles. The van der Waals surface area contributed by atoms with Crippen molar-refractivity contribution in [1.29, 1.82) is 0 Å². The molecule has 4 rings (SSSR count). The fourth-order valence-corrected chi connectivity index (χ4v) is 4.23. The molecule has 0 aliphatic carbocycles. The van der Waals surface area contributed by atoms with Crippen molar-refractivity contribution in [2.75, 3.05) is 27.4 Å². The summed E-state index contributed by atoms with van der Waals surface area (Å²) in [6, 6.07) is 17.5. The summed E-state index contributed by atoms with van der Waals surface area (Å²) < 4.78 is 26.3. The molecule has 0 saturated carbocycles. The number of methoxy groups -OCH3 is 2. The van der Waals surface area contributed by atoms with E-state index in [1.165, 1.54) is 41.9 Å². The normalized spacial score (nSPS) is 11.9. The minimum absolute atomic E-state index is 0.195. The van der Waals surface area contributed by atoms with E-state index < -0.39 is 17.8 Å². The van der Waals surface area contributed by atoms with Crippen LogP contribution < -0.4 is 10.3 Å². The summed E-state index contributed by atoms with van der Waals surface area (Å²) in [4.78, 5) is 33.8. The van der Waals surface area contributed by atoms with Crippen LogP contribution in [0.5, 0.6) is 5.75 Å². The van der Waals surface area contributed by atoms with Crippen molar-refractivity contribution in [3.63, 3.8) is 0 Å². The molecule has 186 valence electrons. The maximum atomic E-state index is 13.9. The van der Waals surface area contributed by atoms with E-state index in [0.29, 0.717) is 28.2 Å². The monoisotopic (exact) mass is 489 g/mol. The minimum Gasteiger partial charge on any atom is -0.495 e. The van der Waals surface area contributed by atoms with Crippen molar-refractivity contribution in [1.82, 2.24) is 14.5 Å². The molecule has 0 N–H and O–H groups in total. The van der Waals surface area contributed by atoms with Gasteiger partial charge < -0.3 is 14.4 Å². The molecule has 0 fully saturated rings. The van der Waals surface area contributed by atoms with Gasteiger partial charge in [0.15, 0.2) is 0 Å². The summed E-state index contributed by atoms with van der Waals surface area (Å²) in [7, 11) is 3.08. The Morgan fingerprint density at radius 1 is 1.08 bits per heavy atom. The van der Waals surface area contributed by atoms with E-state index >= 15 is 0 Å². The van der Waals surface area contributed by atoms with E-state index in [-0.39, 0.29) is 24.3 Å². The zero-order valence-electron chi connectivity index (χ0n) is 20.7. The number of carbonyl (C=O) groups is 1. The van der Waals surface area contributed by atoms with Gasteiger partial charge in [-0.3, -0.25) is 14.2 Å². The third kappa shape index (κ3) is 4.85. The van der Waals surface area contributed by atoms with Crippen molar-refractivity contribution in [2.24, 2.45) is 0 Å². The highest BCUT2D eigenvalue weighted by Crippen LogP contribution is 2.29. The summed E-state index contributed by atoms with van der Waals surface area (Å²) in [6.45, 7) is 4.17. The van der Waals surface area contributed by atoms with Gasteiger partial charge >= 0.3 is 0 Å². The first-order valence-electron chi connectivity index (χ1n) is 11.6. The predicted molar refractivity (Wildman–Crippen MR) is 136 cm³/mol. The number of aromatic nitrogens is 2. The van der Waals surface area contributed by atoms with Gasteiger partial charge in [-0.25, -0.2) is 9.37 Å². The number of halogens is 1. The van der Waals surface area contributed by atoms with E-state index in [2.05, 4.69) is 0 Å². The van der Waals surface area contributed by atoms with Crippen LogP contribution in [-0.4, -0.2) is 47.7 Å². The van der Waals surface area contributed by atoms with Crippen LogP contribution in [0.4, 0.5) is 4.39 Å². The maximum absolute atomic E-state index is 13.9. The van der Waals surface area contributed by atoms with E-state index in [4.69, 9.17) is 14.5 Å². The molecule has 0 radical (unpaired) electrons. The molecule has 7 nitrogen and oxygen atoms in total. The summed E-state index contributed by atoms with van der Waals surface area (Å²) in [5.74, 6) is -0.0637. The largest absolute Gasteiger partial charge is 0.495 e. The van der Waals surface area contributed by atoms with Crippen LogP contribution in [0, 0.1) is 12.7 Å². The second kappa shape index (κ2) is 10.7. The highest BCUT2D eigenvalue weighted by atomic mass is 19.1. The molecule has 1 atom stereocenters. The summed E-state index contributed by atoms with van der Waals surface area (Å²) >= 11 is 0. The van der Waals surface area contributed by atoms with Crippen molar-refractivity contribution < 1.29 is 18.7 Å². The van der Waals surface area contributed by atoms with Crippen LogP contribution in [0.2, 0.25) is 0 Å². The first-order chi connectivity index (χ1) is 17.3. The fourth-order valence-electron chi connectivity index (χ4n) is 4.23. The third-order valence-corrected chi connectivity index (χ3v) is 6.09. The Morgan fingerprint density at radius 2 is 1.86 bits per heavy atom. The molecular weight excluding hydrogens is 461 g/mol. The number of ether oxygens (including phenoxy) is 2. The molecule has 1 heterocycles. The molecule has 0 spiro atoms. The van der Waals surface area contributed by atoms with E-state index in [0.717, 1.165) is 5.56 Å². The van der Waals surface area contributed by atoms with Gasteiger partial charge in [-0.15, -0.1) is 0 Å². The molecule has 3 aromatic carbocycles. The lowest BCUT2D eigenvalue weighted by Gasteiger charge is -2.31. The lowest BCUT2D eigenvalue weighted by Crippen LogP contribution is -2.39. The number of para-hydroxylation sites is 1. The first kappa shape index (κ1) is 25.1. The number of carbonyl (C=O) groups excluding carboxylic acids is 1. The molecule has 8 heteroatoms. The lowest BCUT2D eigenvalue weighted by molar-refractivity contribution is 0.0605. The van der Waals surface area contributed by atoms with Crippen LogP contribution in [-0.2, 0) is 4.74 Å². The van der Waals surface area contributed by atoms with Gasteiger partial charge in [0.1, 0.15) is 17.4 Å². The highest BCUT2D eigenvalue weighted by molar-refractivity contribution is 5.94. The number of aryl methyl sites for hydroxylation is 1. The molecule has 0 saturated heterocycles. The Bertz CT molecular complexity index is 1470. The molecular formula is C28H28FN3O4. The van der Waals surface area contributed by atoms with E-state index in [1.54, 1.807) is 43.3 Å². The Labute approximate surface area is 208 Å². The number of rotatable bonds is 8. The zero-order valence-corrected chi connectivity index (χ0v) is 20.7. The van der Waals surface area contributed by atoms with E-state index in [1.807, 2.05) is 19.1 Å². The standard InChI is InChI=1S/C28H28FN3O4/c1-18-12-13-25(36-4)24(16-18)32-26(30-23-11-6-5-10-22(23)28(32)34)19(2)31(14-15-35-3)27(33)20-8-7-9-21(29)17-20/h5-13,16-17,19H,14-15H2,1-4H3. The number of fused-ring (bicyclic) bond motifs is 1. The van der Waals surface area contributed by atoms with Crippen molar-refractivity contribution in [3.8, 4) is 11.4 Å². The van der Waals surface area contributed by atoms with Gasteiger partial charge in [-0.05, 0) is 61.9 Å². The number of amides is 1. The smallest absolute Gasteiger partial charge is 0.266 e. The van der Waals surface area contributed by atoms with E-state index in [9.17, 15) is 14.0 Å². The second-order valence-electron chi connectivity index (χ2n) is 8.48. The Morgan fingerprint density at radius 3 is 2.58 bits per heavy atom. The summed E-state index contributed by atoms with van der Waals surface area (Å²) in [6.07, 6.45) is 0. The Hall–Kier alpha value is -4.04. The molecule has 36 heavy (non-hydrogen) atoms. The molecule has 0 bridgehead atoms. The number of hydrogen-bond donors (Lipinski definition) is 0. The lowest BCUT2D eigenvalue weighted by atomic mass is 10.1. The third-order valence-electron chi connectivity index (χ3n) is 6.09. The number of benzene rings is 3. The second-order valence-corrected chi connectivity index (χ2v) is 8.48. The van der Waals surface area contributed by atoms with Crippen molar-refractivity contribution in [2.45, 2.75) is 19.9 Å². The summed E-state index contributed by atoms with van der Waals surface area (Å²) in [5, 5.41) is 0.442. The Balaban J connectivity index is 1.96. The van der Waals surface area contributed by atoms with Crippen LogP contribution in [0.3, 0.4) is 0 Å². The van der Waals surface area contributed by atoms with Gasteiger partial charge in [0.25, 0.3) is 11.5 Å². The van der Waals surface area contributed by atoms with Gasteiger partial charge in [-0.1, -0.05) is 24.3 Å². The molecule has 4 aromatic rings. The fraction of sp³-hybridized carbons (Fsp3) is 0.250. The number of hydrogen-bond acceptors (Lipinski definition) is 5. The predicted octanol–water partition coefficient (Wildman–Crippen LogP) is 4.69. The maximum Gasteiger partial charge on any atom is 0.266 e. The van der Waals surface area contributed by atoms with Gasteiger partial charge in [0.2, 0.25) is 0 Å². The van der Waals surface area contributed by atoms with Gasteiger partial charge in [0.05, 0.1) is 36.3 Å². The molecule has 0 aliphatic heterocycles. The quantitative estimate of drug-likeness (QED) is 0.359. The topological polar surface area (TPSA) is 73.7 Å². The van der Waals surface area contributed by atoms with Crippen LogP contribution >= 0.6 is 0 Å². The molecule has 0 aliphatic rings. The van der Waals surface area contributed by atoms with Crippen LogP contribution in [0.1, 0.15) is 34.7 Å². The first-order valence-corrected chi connectivity index (χ1v) is 11.6. The number of nitrogens with zero attached hydrogens (tertiary/aromatic N) is 3. The van der Waals surface area contributed by atoms with Gasteiger partial charge in [0, 0.05) is 19.2 Å². The van der Waals surface area contributed by atoms with Gasteiger partial charge in [-0.2, -0.15) is 0 Å². The Kier molecular flexibility index (Phi) is 7.45. The van der Waals surface area contributed by atoms with Crippen LogP contribution in [0.25, 0.3) is 16.6 Å². The molecule has 1 amide bonds. The average Bonchev–Trinajstić information content (AvgIpc) is 2.88. The highest BCUT2D eigenvalue weighted by Gasteiger charge is 2.28. The average molecular weight is 490 g/mol. The SMILES string of the molecule is COCCN(C(=O)c1cccc(F)c1)C(C)c1nc2ccccc2c(=O)n1-c1cc(C)ccc1OC. The molecule has 1 unspecified atom stereocenters. The summed E-state index contributed by atoms with van der Waals surface area (Å²) in [5.41, 5.74) is 1.87. The zero-order chi connectivity index (χ0) is 25.8. The van der Waals surface area contributed by atoms with Crippen molar-refractivity contribution in [3.05, 3.63) is 99.9 Å². The van der Waals surface area contributed by atoms with Crippen LogP contribution in [0.15, 0.2) is 71.5 Å².